The third-order valence-corrected chi connectivity index (χ3v) is 5.05. The van der Waals surface area contributed by atoms with E-state index in [0.717, 1.165) is 16.7 Å². The van der Waals surface area contributed by atoms with E-state index in [4.69, 9.17) is 12.2 Å². The van der Waals surface area contributed by atoms with Gasteiger partial charge in [-0.15, -0.1) is 0 Å². The highest BCUT2D eigenvalue weighted by atomic mass is 79.9. The molecule has 1 aromatic carbocycles. The van der Waals surface area contributed by atoms with E-state index >= 15 is 0 Å². The maximum Gasteiger partial charge on any atom is 0.223 e. The lowest BCUT2D eigenvalue weighted by Gasteiger charge is -2.07. The van der Waals surface area contributed by atoms with E-state index in [-0.39, 0.29) is 11.8 Å². The maximum absolute atomic E-state index is 12.2. The highest BCUT2D eigenvalue weighted by molar-refractivity contribution is 9.10. The number of benzene rings is 1. The van der Waals surface area contributed by atoms with Gasteiger partial charge in [0, 0.05) is 23.5 Å². The topological polar surface area (TPSA) is 62.7 Å². The average molecular weight is 381 g/mol. The quantitative estimate of drug-likeness (QED) is 0.783. The molecule has 1 aromatic heterocycles. The first-order chi connectivity index (χ1) is 10.6. The molecular weight excluding hydrogens is 364 g/mol. The number of aromatic nitrogens is 3. The monoisotopic (exact) mass is 380 g/mol. The van der Waals surface area contributed by atoms with Crippen molar-refractivity contribution in [1.82, 2.24) is 20.1 Å². The number of aromatic amines is 1. The molecule has 1 fully saturated rings. The van der Waals surface area contributed by atoms with Gasteiger partial charge in [0.1, 0.15) is 5.82 Å². The highest BCUT2D eigenvalue weighted by Crippen LogP contribution is 2.49. The summed E-state index contributed by atoms with van der Waals surface area (Å²) in [5.41, 5.74) is 1.22. The molecule has 1 amide bonds. The van der Waals surface area contributed by atoms with Crippen molar-refractivity contribution in [3.05, 3.63) is 44.9 Å². The van der Waals surface area contributed by atoms with Crippen LogP contribution in [0.15, 0.2) is 28.7 Å². The first kappa shape index (κ1) is 15.4. The molecule has 2 atom stereocenters. The van der Waals surface area contributed by atoms with Gasteiger partial charge in [-0.2, -0.15) is 5.10 Å². The molecule has 1 saturated carbocycles. The van der Waals surface area contributed by atoms with Gasteiger partial charge in [-0.3, -0.25) is 9.89 Å². The molecule has 0 spiro atoms. The first-order valence-electron chi connectivity index (χ1n) is 7.22. The van der Waals surface area contributed by atoms with Crippen LogP contribution < -0.4 is 5.32 Å². The Kier molecular flexibility index (Phi) is 4.44. The number of nitrogens with one attached hydrogen (secondary N) is 2. The van der Waals surface area contributed by atoms with E-state index in [9.17, 15) is 4.79 Å². The normalized spacial score (nSPS) is 19.9. The van der Waals surface area contributed by atoms with Crippen LogP contribution in [0.3, 0.4) is 0 Å². The molecule has 1 aliphatic rings. The molecule has 5 nitrogen and oxygen atoms in total. The Balaban J connectivity index is 1.52. The Morgan fingerprint density at radius 2 is 2.32 bits per heavy atom. The van der Waals surface area contributed by atoms with Crippen LogP contribution >= 0.6 is 28.1 Å². The predicted molar refractivity (Wildman–Crippen MR) is 90.1 cm³/mol. The summed E-state index contributed by atoms with van der Waals surface area (Å²) in [7, 11) is 0. The Morgan fingerprint density at radius 1 is 1.55 bits per heavy atom. The second-order valence-electron chi connectivity index (χ2n) is 5.49. The summed E-state index contributed by atoms with van der Waals surface area (Å²) < 4.78 is 3.55. The summed E-state index contributed by atoms with van der Waals surface area (Å²) in [5.74, 6) is 1.36. The van der Waals surface area contributed by atoms with Crippen molar-refractivity contribution in [1.29, 1.82) is 0 Å². The summed E-state index contributed by atoms with van der Waals surface area (Å²) >= 11 is 8.69. The molecule has 0 aliphatic heterocycles. The largest absolute Gasteiger partial charge is 0.354 e. The van der Waals surface area contributed by atoms with Crippen LogP contribution in [0.5, 0.6) is 0 Å². The second-order valence-corrected chi connectivity index (χ2v) is 6.73. The van der Waals surface area contributed by atoms with Crippen LogP contribution in [0.25, 0.3) is 0 Å². The minimum absolute atomic E-state index is 0.0807. The van der Waals surface area contributed by atoms with Gasteiger partial charge in [-0.1, -0.05) is 34.1 Å². The molecule has 3 rings (SSSR count). The van der Waals surface area contributed by atoms with Crippen LogP contribution in [-0.2, 0) is 11.3 Å². The average Bonchev–Trinajstić information content (AvgIpc) is 3.23. The lowest BCUT2D eigenvalue weighted by Crippen LogP contribution is -2.29. The number of hydrogen-bond donors (Lipinski definition) is 2. The highest BCUT2D eigenvalue weighted by Gasteiger charge is 2.44. The van der Waals surface area contributed by atoms with Gasteiger partial charge in [0.25, 0.3) is 0 Å². The summed E-state index contributed by atoms with van der Waals surface area (Å²) in [6.07, 6.45) is 0.915. The van der Waals surface area contributed by atoms with Crippen LogP contribution in [0.1, 0.15) is 23.7 Å². The molecule has 1 aliphatic carbocycles. The number of rotatable bonds is 5. The SMILES string of the molecule is Cc1n[nH]c(=S)n1CCNC(=O)[C@@H]1C[C@@H]1c1ccccc1Br. The molecule has 22 heavy (non-hydrogen) atoms. The predicted octanol–water partition coefficient (Wildman–Crippen LogP) is 2.93. The lowest BCUT2D eigenvalue weighted by atomic mass is 10.1. The molecule has 116 valence electrons. The zero-order chi connectivity index (χ0) is 15.7. The van der Waals surface area contributed by atoms with Gasteiger partial charge in [-0.25, -0.2) is 0 Å². The molecular formula is C15H17BrN4OS. The fraction of sp³-hybridized carbons (Fsp3) is 0.400. The first-order valence-corrected chi connectivity index (χ1v) is 8.42. The smallest absolute Gasteiger partial charge is 0.223 e. The number of carbonyl (C=O) groups excluding carboxylic acids is 1. The van der Waals surface area contributed by atoms with Gasteiger partial charge in [0.05, 0.1) is 0 Å². The van der Waals surface area contributed by atoms with Crippen LogP contribution in [0.2, 0.25) is 0 Å². The molecule has 0 bridgehead atoms. The number of aryl methyl sites for hydroxylation is 1. The standard InChI is InChI=1S/C15H17BrN4OS/c1-9-18-19-15(22)20(9)7-6-17-14(21)12-8-11(12)10-4-2-3-5-13(10)16/h2-5,11-12H,6-8H2,1H3,(H,17,21)(H,19,22)/t11-,12-/m1/s1. The fourth-order valence-corrected chi connectivity index (χ4v) is 3.53. The van der Waals surface area contributed by atoms with E-state index < -0.39 is 0 Å². The summed E-state index contributed by atoms with van der Waals surface area (Å²) in [5, 5.41) is 9.79. The van der Waals surface area contributed by atoms with E-state index in [1.807, 2.05) is 29.7 Å². The van der Waals surface area contributed by atoms with Gasteiger partial charge in [0.2, 0.25) is 5.91 Å². The van der Waals surface area contributed by atoms with Crippen molar-refractivity contribution in [2.75, 3.05) is 6.54 Å². The van der Waals surface area contributed by atoms with E-state index in [1.54, 1.807) is 0 Å². The Bertz CT molecular complexity index is 754. The molecule has 2 N–H and O–H groups in total. The van der Waals surface area contributed by atoms with E-state index in [2.05, 4.69) is 37.5 Å². The summed E-state index contributed by atoms with van der Waals surface area (Å²) in [6, 6.07) is 8.10. The van der Waals surface area contributed by atoms with Crippen molar-refractivity contribution < 1.29 is 4.79 Å². The van der Waals surface area contributed by atoms with Gasteiger partial charge >= 0.3 is 0 Å². The van der Waals surface area contributed by atoms with E-state index in [1.165, 1.54) is 5.56 Å². The Morgan fingerprint density at radius 3 is 3.00 bits per heavy atom. The molecule has 0 unspecified atom stereocenters. The van der Waals surface area contributed by atoms with Gasteiger partial charge in [0.15, 0.2) is 4.77 Å². The molecule has 0 saturated heterocycles. The minimum Gasteiger partial charge on any atom is -0.354 e. The molecule has 0 radical (unpaired) electrons. The maximum atomic E-state index is 12.2. The van der Waals surface area contributed by atoms with Crippen LogP contribution in [0, 0.1) is 17.6 Å². The van der Waals surface area contributed by atoms with Crippen molar-refractivity contribution in [2.45, 2.75) is 25.8 Å². The number of nitrogens with zero attached hydrogens (tertiary/aromatic N) is 2. The van der Waals surface area contributed by atoms with Crippen LogP contribution in [0.4, 0.5) is 0 Å². The third kappa shape index (κ3) is 3.15. The Labute approximate surface area is 142 Å². The minimum atomic E-state index is 0.0807. The van der Waals surface area contributed by atoms with Gasteiger partial charge in [-0.05, 0) is 43.1 Å². The lowest BCUT2D eigenvalue weighted by molar-refractivity contribution is -0.122. The summed E-state index contributed by atoms with van der Waals surface area (Å²) in [6.45, 7) is 3.09. The molecule has 7 heteroatoms. The zero-order valence-corrected chi connectivity index (χ0v) is 14.6. The number of carbonyl (C=O) groups is 1. The Hall–Kier alpha value is -1.47. The molecule has 2 aromatic rings. The number of H-pyrrole nitrogens is 1. The van der Waals surface area contributed by atoms with Crippen molar-refractivity contribution in [3.8, 4) is 0 Å². The number of hydrogen-bond acceptors (Lipinski definition) is 3. The van der Waals surface area contributed by atoms with Crippen LogP contribution in [-0.4, -0.2) is 27.2 Å². The van der Waals surface area contributed by atoms with E-state index in [0.29, 0.717) is 23.8 Å². The second kappa shape index (κ2) is 6.34. The van der Waals surface area contributed by atoms with Gasteiger partial charge < -0.3 is 9.88 Å². The zero-order valence-electron chi connectivity index (χ0n) is 12.2. The fourth-order valence-electron chi connectivity index (χ4n) is 2.69. The van der Waals surface area contributed by atoms with Crippen molar-refractivity contribution in [2.24, 2.45) is 5.92 Å². The van der Waals surface area contributed by atoms with Crippen molar-refractivity contribution in [3.63, 3.8) is 0 Å². The molecule has 1 heterocycles. The third-order valence-electron chi connectivity index (χ3n) is 4.02. The van der Waals surface area contributed by atoms with Crippen molar-refractivity contribution >= 4 is 34.1 Å². The summed E-state index contributed by atoms with van der Waals surface area (Å²) in [4.78, 5) is 12.2. The number of halogens is 1. The number of amides is 1.